The average Bonchev–Trinajstić information content (AvgIpc) is 3.76. The highest BCUT2D eigenvalue weighted by Gasteiger charge is 2.26. The van der Waals surface area contributed by atoms with E-state index in [9.17, 15) is 9.59 Å². The lowest BCUT2D eigenvalue weighted by molar-refractivity contribution is -0.146. The third kappa shape index (κ3) is 7.70. The molecule has 5 aromatic rings. The van der Waals surface area contributed by atoms with Crippen molar-refractivity contribution >= 4 is 59.1 Å². The number of hydrogen-bond acceptors (Lipinski definition) is 10. The van der Waals surface area contributed by atoms with E-state index < -0.39 is 23.4 Å². The standard InChI is InChI=1S/C32H34FN9O3.2ClH/c1-17(2)11-25(34)30(44)45-16-23-22(28-38-31(35)40-32(39-28)37-21-14-36-41(3)15-21)5-4-6-26(23)42-10-9-19-12-20(18-7-8-18)13-24(33)27(19)29(42)43;;/h4-6,9-10,12-15,17-18,25H,7-8,11,16,34H2,1-3H3,(H3,35,37,38,39,40);2*1H. The van der Waals surface area contributed by atoms with Crippen molar-refractivity contribution in [2.45, 2.75) is 51.7 Å². The first-order valence-electron chi connectivity index (χ1n) is 14.7. The minimum absolute atomic E-state index is 0. The van der Waals surface area contributed by atoms with Gasteiger partial charge in [-0.25, -0.2) is 4.39 Å². The van der Waals surface area contributed by atoms with Crippen LogP contribution in [0.3, 0.4) is 0 Å². The van der Waals surface area contributed by atoms with Gasteiger partial charge in [0, 0.05) is 30.6 Å². The molecular formula is C32H36Cl2FN9O3. The molecule has 0 bridgehead atoms. The molecule has 15 heteroatoms. The number of nitrogens with two attached hydrogens (primary N) is 2. The van der Waals surface area contributed by atoms with E-state index >= 15 is 4.39 Å². The van der Waals surface area contributed by atoms with Gasteiger partial charge >= 0.3 is 5.97 Å². The number of carbonyl (C=O) groups is 1. The first kappa shape index (κ1) is 35.3. The number of nitrogen functional groups attached to an aromatic ring is 1. The molecule has 5 N–H and O–H groups in total. The van der Waals surface area contributed by atoms with Crippen LogP contribution in [0, 0.1) is 11.7 Å². The van der Waals surface area contributed by atoms with Gasteiger partial charge in [-0.3, -0.25) is 18.8 Å². The van der Waals surface area contributed by atoms with Gasteiger partial charge in [-0.1, -0.05) is 32.0 Å². The Balaban J connectivity index is 0.00000250. The van der Waals surface area contributed by atoms with Crippen molar-refractivity contribution in [3.8, 4) is 17.1 Å². The number of fused-ring (bicyclic) bond motifs is 1. The molecule has 2 aromatic carbocycles. The summed E-state index contributed by atoms with van der Waals surface area (Å²) in [4.78, 5) is 39.8. The molecule has 1 saturated carbocycles. The minimum atomic E-state index is -0.832. The average molecular weight is 685 g/mol. The van der Waals surface area contributed by atoms with E-state index in [4.69, 9.17) is 16.2 Å². The van der Waals surface area contributed by atoms with Crippen LogP contribution in [0.5, 0.6) is 0 Å². The van der Waals surface area contributed by atoms with E-state index in [1.807, 2.05) is 19.9 Å². The first-order valence-corrected chi connectivity index (χ1v) is 14.7. The molecule has 6 rings (SSSR count). The van der Waals surface area contributed by atoms with Gasteiger partial charge in [0.2, 0.25) is 11.9 Å². The molecule has 3 aromatic heterocycles. The number of esters is 1. The Labute approximate surface area is 282 Å². The van der Waals surface area contributed by atoms with Crippen molar-refractivity contribution in [1.29, 1.82) is 0 Å². The zero-order valence-corrected chi connectivity index (χ0v) is 27.6. The van der Waals surface area contributed by atoms with E-state index in [1.54, 1.807) is 54.6 Å². The molecule has 0 saturated heterocycles. The van der Waals surface area contributed by atoms with Gasteiger partial charge < -0.3 is 21.5 Å². The van der Waals surface area contributed by atoms with Gasteiger partial charge in [0.25, 0.3) is 5.56 Å². The molecule has 1 fully saturated rings. The van der Waals surface area contributed by atoms with Crippen LogP contribution in [0.2, 0.25) is 0 Å². The fraction of sp³-hybridized carbons (Fsp3) is 0.312. The van der Waals surface area contributed by atoms with E-state index in [-0.39, 0.29) is 60.4 Å². The molecule has 0 radical (unpaired) electrons. The number of carbonyl (C=O) groups excluding carboxylic acids is 1. The van der Waals surface area contributed by atoms with Crippen LogP contribution in [0.1, 0.15) is 50.2 Å². The van der Waals surface area contributed by atoms with E-state index in [0.29, 0.717) is 40.2 Å². The number of nitrogens with one attached hydrogen (secondary N) is 1. The summed E-state index contributed by atoms with van der Waals surface area (Å²) in [6.07, 6.45) is 7.40. The van der Waals surface area contributed by atoms with E-state index in [0.717, 1.165) is 18.4 Å². The molecule has 0 amide bonds. The van der Waals surface area contributed by atoms with E-state index in [1.165, 1.54) is 10.6 Å². The van der Waals surface area contributed by atoms with Gasteiger partial charge in [-0.15, -0.1) is 24.8 Å². The smallest absolute Gasteiger partial charge is 0.323 e. The van der Waals surface area contributed by atoms with Crippen LogP contribution in [0.15, 0.2) is 59.8 Å². The number of aryl methyl sites for hydroxylation is 1. The van der Waals surface area contributed by atoms with Crippen LogP contribution in [-0.2, 0) is 23.2 Å². The molecule has 0 aliphatic heterocycles. The van der Waals surface area contributed by atoms with Gasteiger partial charge in [0.15, 0.2) is 5.82 Å². The summed E-state index contributed by atoms with van der Waals surface area (Å²) in [6, 6.07) is 9.32. The lowest BCUT2D eigenvalue weighted by Crippen LogP contribution is -2.33. The number of anilines is 3. The third-order valence-corrected chi connectivity index (χ3v) is 7.68. The Hall–Kier alpha value is -4.59. The Kier molecular flexibility index (Phi) is 10.8. The number of aromatic nitrogens is 6. The lowest BCUT2D eigenvalue weighted by atomic mass is 10.0. The maximum Gasteiger partial charge on any atom is 0.323 e. The number of hydrogen-bond donors (Lipinski definition) is 3. The van der Waals surface area contributed by atoms with Crippen LogP contribution in [0.25, 0.3) is 27.8 Å². The zero-order chi connectivity index (χ0) is 31.8. The van der Waals surface area contributed by atoms with Gasteiger partial charge in [0.1, 0.15) is 18.5 Å². The summed E-state index contributed by atoms with van der Waals surface area (Å²) in [5.41, 5.74) is 14.3. The lowest BCUT2D eigenvalue weighted by Gasteiger charge is -2.19. The van der Waals surface area contributed by atoms with Crippen molar-refractivity contribution in [3.05, 3.63) is 82.3 Å². The topological polar surface area (TPSA) is 169 Å². The molecule has 1 aliphatic carbocycles. The Morgan fingerprint density at radius 3 is 2.60 bits per heavy atom. The molecule has 47 heavy (non-hydrogen) atoms. The van der Waals surface area contributed by atoms with Crippen molar-refractivity contribution in [2.24, 2.45) is 18.7 Å². The second-order valence-corrected chi connectivity index (χ2v) is 11.7. The highest BCUT2D eigenvalue weighted by atomic mass is 35.5. The predicted molar refractivity (Wildman–Crippen MR) is 183 cm³/mol. The van der Waals surface area contributed by atoms with Crippen LogP contribution < -0.4 is 22.3 Å². The third-order valence-electron chi connectivity index (χ3n) is 7.68. The summed E-state index contributed by atoms with van der Waals surface area (Å²) in [5.74, 6) is -0.388. The Morgan fingerprint density at radius 2 is 1.91 bits per heavy atom. The van der Waals surface area contributed by atoms with Gasteiger partial charge in [-0.05, 0) is 60.2 Å². The number of benzene rings is 2. The second kappa shape index (κ2) is 14.4. The Morgan fingerprint density at radius 1 is 1.15 bits per heavy atom. The minimum Gasteiger partial charge on any atom is -0.460 e. The zero-order valence-electron chi connectivity index (χ0n) is 26.0. The normalized spacial score (nSPS) is 13.1. The highest BCUT2D eigenvalue weighted by molar-refractivity contribution is 5.86. The van der Waals surface area contributed by atoms with Crippen LogP contribution >= 0.6 is 24.8 Å². The van der Waals surface area contributed by atoms with Crippen molar-refractivity contribution in [3.63, 3.8) is 0 Å². The number of halogens is 3. The second-order valence-electron chi connectivity index (χ2n) is 11.7. The molecule has 1 atom stereocenters. The quantitative estimate of drug-likeness (QED) is 0.167. The molecular weight excluding hydrogens is 648 g/mol. The molecule has 12 nitrogen and oxygen atoms in total. The summed E-state index contributed by atoms with van der Waals surface area (Å²) >= 11 is 0. The number of ether oxygens (including phenoxy) is 1. The fourth-order valence-corrected chi connectivity index (χ4v) is 5.39. The van der Waals surface area contributed by atoms with E-state index in [2.05, 4.69) is 25.4 Å². The largest absolute Gasteiger partial charge is 0.460 e. The highest BCUT2D eigenvalue weighted by Crippen LogP contribution is 2.41. The molecule has 0 spiro atoms. The fourth-order valence-electron chi connectivity index (χ4n) is 5.39. The van der Waals surface area contributed by atoms with Gasteiger partial charge in [0.05, 0.1) is 23.0 Å². The van der Waals surface area contributed by atoms with Crippen molar-refractivity contribution in [2.75, 3.05) is 11.1 Å². The number of pyridine rings is 1. The molecule has 1 unspecified atom stereocenters. The predicted octanol–water partition coefficient (Wildman–Crippen LogP) is 5.18. The summed E-state index contributed by atoms with van der Waals surface area (Å²) in [7, 11) is 1.77. The van der Waals surface area contributed by atoms with Crippen LogP contribution in [-0.4, -0.2) is 41.3 Å². The number of rotatable bonds is 10. The van der Waals surface area contributed by atoms with Gasteiger partial charge in [-0.2, -0.15) is 20.1 Å². The Bertz CT molecular complexity index is 1980. The monoisotopic (exact) mass is 683 g/mol. The molecule has 1 aliphatic rings. The maximum absolute atomic E-state index is 15.4. The van der Waals surface area contributed by atoms with Crippen LogP contribution in [0.4, 0.5) is 22.0 Å². The molecule has 248 valence electrons. The van der Waals surface area contributed by atoms with Crippen molar-refractivity contribution < 1.29 is 13.9 Å². The maximum atomic E-state index is 15.4. The summed E-state index contributed by atoms with van der Waals surface area (Å²) in [5, 5.41) is 7.69. The summed E-state index contributed by atoms with van der Waals surface area (Å²) < 4.78 is 24.0. The number of nitrogens with zero attached hydrogens (tertiary/aromatic N) is 6. The SMILES string of the molecule is CC(C)CC(N)C(=O)OCc1c(-c2nc(N)nc(Nc3cnn(C)c3)n2)cccc1-n1ccc2cc(C3CC3)cc(F)c2c1=O.Cl.Cl. The molecule has 3 heterocycles. The first-order chi connectivity index (χ1) is 21.6. The van der Waals surface area contributed by atoms with Crippen molar-refractivity contribution in [1.82, 2.24) is 29.3 Å². The summed E-state index contributed by atoms with van der Waals surface area (Å²) in [6.45, 7) is 3.66.